The molecule has 1 N–H and O–H groups in total. The lowest BCUT2D eigenvalue weighted by atomic mass is 10.1. The van der Waals surface area contributed by atoms with Gasteiger partial charge in [0.05, 0.1) is 0 Å². The highest BCUT2D eigenvalue weighted by Crippen LogP contribution is 2.11. The molecular weight excluding hydrogens is 200 g/mol. The Labute approximate surface area is 96.5 Å². The molecule has 16 heavy (non-hydrogen) atoms. The van der Waals surface area contributed by atoms with Gasteiger partial charge in [-0.15, -0.1) is 0 Å². The van der Waals surface area contributed by atoms with Gasteiger partial charge in [-0.25, -0.2) is 0 Å². The second-order valence-corrected chi connectivity index (χ2v) is 4.42. The third-order valence-electron chi connectivity index (χ3n) is 3.03. The molecule has 1 atom stereocenters. The van der Waals surface area contributed by atoms with E-state index in [1.807, 2.05) is 36.1 Å². The third-order valence-corrected chi connectivity index (χ3v) is 3.03. The molecule has 0 saturated carbocycles. The number of nitrogens with zero attached hydrogens (tertiary/aromatic N) is 1. The van der Waals surface area contributed by atoms with Crippen molar-refractivity contribution in [3.63, 3.8) is 0 Å². The Hall–Kier alpha value is -1.35. The molecule has 0 bridgehead atoms. The van der Waals surface area contributed by atoms with Gasteiger partial charge in [0.25, 0.3) is 5.91 Å². The Morgan fingerprint density at radius 3 is 3.00 bits per heavy atom. The number of hydrogen-bond donors (Lipinski definition) is 1. The van der Waals surface area contributed by atoms with Gasteiger partial charge in [0.15, 0.2) is 0 Å². The van der Waals surface area contributed by atoms with Gasteiger partial charge in [0, 0.05) is 31.2 Å². The Balaban J connectivity index is 2.17. The van der Waals surface area contributed by atoms with Crippen molar-refractivity contribution in [3.05, 3.63) is 35.4 Å². The number of nitrogens with one attached hydrogen (secondary N) is 1. The van der Waals surface area contributed by atoms with Crippen LogP contribution >= 0.6 is 0 Å². The molecule has 1 aromatic rings. The minimum absolute atomic E-state index is 0.151. The average Bonchev–Trinajstić information content (AvgIpc) is 2.29. The van der Waals surface area contributed by atoms with Crippen LogP contribution in [0.5, 0.6) is 0 Å². The summed E-state index contributed by atoms with van der Waals surface area (Å²) < 4.78 is 0. The first-order valence-corrected chi connectivity index (χ1v) is 5.77. The summed E-state index contributed by atoms with van der Waals surface area (Å²) >= 11 is 0. The fourth-order valence-corrected chi connectivity index (χ4v) is 2.09. The van der Waals surface area contributed by atoms with Crippen LogP contribution in [0.15, 0.2) is 24.3 Å². The van der Waals surface area contributed by atoms with E-state index in [4.69, 9.17) is 0 Å². The Morgan fingerprint density at radius 2 is 2.31 bits per heavy atom. The van der Waals surface area contributed by atoms with E-state index in [0.29, 0.717) is 0 Å². The van der Waals surface area contributed by atoms with Crippen LogP contribution in [0.25, 0.3) is 0 Å². The summed E-state index contributed by atoms with van der Waals surface area (Å²) in [7, 11) is 0. The number of benzene rings is 1. The number of carbonyl (C=O) groups is 1. The van der Waals surface area contributed by atoms with E-state index in [1.165, 1.54) is 0 Å². The Bertz CT molecular complexity index is 389. The molecule has 1 aliphatic rings. The number of hydrogen-bond acceptors (Lipinski definition) is 2. The molecule has 1 saturated heterocycles. The van der Waals surface area contributed by atoms with Crippen molar-refractivity contribution < 1.29 is 4.79 Å². The zero-order chi connectivity index (χ0) is 11.5. The zero-order valence-electron chi connectivity index (χ0n) is 9.86. The van der Waals surface area contributed by atoms with Crippen LogP contribution in [0, 0.1) is 6.92 Å². The molecule has 1 aliphatic heterocycles. The number of amides is 1. The number of piperazine rings is 1. The van der Waals surface area contributed by atoms with E-state index >= 15 is 0 Å². The van der Waals surface area contributed by atoms with Crippen molar-refractivity contribution in [1.29, 1.82) is 0 Å². The fourth-order valence-electron chi connectivity index (χ4n) is 2.09. The summed E-state index contributed by atoms with van der Waals surface area (Å²) in [5.74, 6) is 0.151. The van der Waals surface area contributed by atoms with Gasteiger partial charge >= 0.3 is 0 Å². The van der Waals surface area contributed by atoms with Crippen molar-refractivity contribution in [1.82, 2.24) is 10.2 Å². The predicted octanol–water partition coefficient (Wildman–Crippen LogP) is 1.43. The van der Waals surface area contributed by atoms with Crippen LogP contribution in [-0.2, 0) is 0 Å². The monoisotopic (exact) mass is 218 g/mol. The molecule has 3 nitrogen and oxygen atoms in total. The van der Waals surface area contributed by atoms with Crippen molar-refractivity contribution in [2.45, 2.75) is 19.9 Å². The van der Waals surface area contributed by atoms with Crippen LogP contribution in [0.4, 0.5) is 0 Å². The SMILES string of the molecule is Cc1cccc(C(=O)N2CCNC[C@@H]2C)c1. The lowest BCUT2D eigenvalue weighted by Gasteiger charge is -2.34. The molecule has 1 amide bonds. The van der Waals surface area contributed by atoms with E-state index in [-0.39, 0.29) is 11.9 Å². The minimum atomic E-state index is 0.151. The van der Waals surface area contributed by atoms with E-state index in [0.717, 1.165) is 30.8 Å². The van der Waals surface area contributed by atoms with Crippen LogP contribution in [0.1, 0.15) is 22.8 Å². The van der Waals surface area contributed by atoms with Crippen LogP contribution in [-0.4, -0.2) is 36.5 Å². The van der Waals surface area contributed by atoms with Gasteiger partial charge < -0.3 is 10.2 Å². The normalized spacial score (nSPS) is 20.9. The third kappa shape index (κ3) is 2.25. The molecule has 1 aromatic carbocycles. The van der Waals surface area contributed by atoms with Gasteiger partial charge in [0.1, 0.15) is 0 Å². The highest BCUT2D eigenvalue weighted by molar-refractivity contribution is 5.94. The average molecular weight is 218 g/mol. The van der Waals surface area contributed by atoms with Gasteiger partial charge in [0.2, 0.25) is 0 Å². The van der Waals surface area contributed by atoms with Crippen molar-refractivity contribution in [2.24, 2.45) is 0 Å². The molecule has 2 rings (SSSR count). The molecule has 3 heteroatoms. The summed E-state index contributed by atoms with van der Waals surface area (Å²) in [5, 5.41) is 3.29. The smallest absolute Gasteiger partial charge is 0.254 e. The number of aryl methyl sites for hydroxylation is 1. The fraction of sp³-hybridized carbons (Fsp3) is 0.462. The van der Waals surface area contributed by atoms with Crippen molar-refractivity contribution >= 4 is 5.91 Å². The van der Waals surface area contributed by atoms with E-state index in [2.05, 4.69) is 12.2 Å². The minimum Gasteiger partial charge on any atom is -0.333 e. The topological polar surface area (TPSA) is 32.3 Å². The van der Waals surface area contributed by atoms with E-state index in [9.17, 15) is 4.79 Å². The first kappa shape index (κ1) is 11.1. The predicted molar refractivity (Wildman–Crippen MR) is 64.5 cm³/mol. The highest BCUT2D eigenvalue weighted by atomic mass is 16.2. The first-order chi connectivity index (χ1) is 7.68. The maximum atomic E-state index is 12.3. The maximum absolute atomic E-state index is 12.3. The number of carbonyl (C=O) groups excluding carboxylic acids is 1. The lowest BCUT2D eigenvalue weighted by Crippen LogP contribution is -2.52. The van der Waals surface area contributed by atoms with Gasteiger partial charge in [-0.1, -0.05) is 17.7 Å². The second-order valence-electron chi connectivity index (χ2n) is 4.42. The first-order valence-electron chi connectivity index (χ1n) is 5.77. The molecule has 0 unspecified atom stereocenters. The Kier molecular flexibility index (Phi) is 3.25. The van der Waals surface area contributed by atoms with Gasteiger partial charge in [-0.2, -0.15) is 0 Å². The van der Waals surface area contributed by atoms with Crippen molar-refractivity contribution in [2.75, 3.05) is 19.6 Å². The molecule has 1 fully saturated rings. The summed E-state index contributed by atoms with van der Waals surface area (Å²) in [5.41, 5.74) is 1.93. The van der Waals surface area contributed by atoms with Gasteiger partial charge in [-0.3, -0.25) is 4.79 Å². The second kappa shape index (κ2) is 4.66. The van der Waals surface area contributed by atoms with E-state index in [1.54, 1.807) is 0 Å². The molecule has 0 radical (unpaired) electrons. The summed E-state index contributed by atoms with van der Waals surface area (Å²) in [6.07, 6.45) is 0. The van der Waals surface area contributed by atoms with Gasteiger partial charge in [-0.05, 0) is 26.0 Å². The zero-order valence-corrected chi connectivity index (χ0v) is 9.86. The molecule has 0 aromatic heterocycles. The molecular formula is C13H18N2O. The summed E-state index contributed by atoms with van der Waals surface area (Å²) in [4.78, 5) is 14.2. The standard InChI is InChI=1S/C13H18N2O/c1-10-4-3-5-12(8-10)13(16)15-7-6-14-9-11(15)2/h3-5,8,11,14H,6-7,9H2,1-2H3/t11-/m0/s1. The largest absolute Gasteiger partial charge is 0.333 e. The molecule has 0 spiro atoms. The van der Waals surface area contributed by atoms with Crippen LogP contribution in [0.2, 0.25) is 0 Å². The highest BCUT2D eigenvalue weighted by Gasteiger charge is 2.23. The lowest BCUT2D eigenvalue weighted by molar-refractivity contribution is 0.0655. The Morgan fingerprint density at radius 1 is 1.50 bits per heavy atom. The maximum Gasteiger partial charge on any atom is 0.254 e. The molecule has 0 aliphatic carbocycles. The quantitative estimate of drug-likeness (QED) is 0.773. The van der Waals surface area contributed by atoms with Crippen LogP contribution < -0.4 is 5.32 Å². The summed E-state index contributed by atoms with van der Waals surface area (Å²) in [6, 6.07) is 8.08. The molecule has 1 heterocycles. The number of rotatable bonds is 1. The summed E-state index contributed by atoms with van der Waals surface area (Å²) in [6.45, 7) is 6.67. The van der Waals surface area contributed by atoms with Crippen molar-refractivity contribution in [3.8, 4) is 0 Å². The molecule has 86 valence electrons. The van der Waals surface area contributed by atoms with E-state index < -0.39 is 0 Å². The van der Waals surface area contributed by atoms with Crippen LogP contribution in [0.3, 0.4) is 0 Å².